The fourth-order valence-electron chi connectivity index (χ4n) is 6.86. The predicted octanol–water partition coefficient (Wildman–Crippen LogP) is 9.46. The third-order valence-electron chi connectivity index (χ3n) is 8.71. The van der Waals surface area contributed by atoms with Crippen LogP contribution in [-0.4, -0.2) is 16.2 Å². The standard InChI is InChI=1S/C36H25N3S/c37-28-13-4-5-14-29(28)38-30-20-39-31-15-6-3-10-25(31)34-33-26-12-7-11-24(36(26)40-32(33)19-27(30)35(34)39)23-17-16-21-8-1-2-9-22(21)18-23/h1-15,18-20,29,37-38H,16-17H2. The van der Waals surface area contributed by atoms with Gasteiger partial charge in [-0.1, -0.05) is 85.0 Å². The average Bonchev–Trinajstić information content (AvgIpc) is 3.65. The Hall–Kier alpha value is -4.67. The molecule has 7 aromatic rings. The summed E-state index contributed by atoms with van der Waals surface area (Å²) < 4.78 is 5.04. The van der Waals surface area contributed by atoms with Gasteiger partial charge in [-0.15, -0.1) is 11.3 Å². The van der Waals surface area contributed by atoms with Crippen molar-refractivity contribution in [3.8, 4) is 0 Å². The first-order chi connectivity index (χ1) is 19.7. The van der Waals surface area contributed by atoms with Gasteiger partial charge >= 0.3 is 0 Å². The highest BCUT2D eigenvalue weighted by Crippen LogP contribution is 2.48. The number of anilines is 1. The molecule has 0 aliphatic heterocycles. The van der Waals surface area contributed by atoms with Gasteiger partial charge in [0, 0.05) is 42.5 Å². The lowest BCUT2D eigenvalue weighted by atomic mass is 9.88. The highest BCUT2D eigenvalue weighted by Gasteiger charge is 2.24. The summed E-state index contributed by atoms with van der Waals surface area (Å²) in [6.45, 7) is 0. The first-order valence-electron chi connectivity index (χ1n) is 13.9. The van der Waals surface area contributed by atoms with Crippen LogP contribution in [0.3, 0.4) is 0 Å². The topological polar surface area (TPSA) is 40.3 Å². The van der Waals surface area contributed by atoms with Crippen molar-refractivity contribution in [2.45, 2.75) is 18.9 Å². The van der Waals surface area contributed by atoms with Gasteiger partial charge in [-0.25, -0.2) is 0 Å². The van der Waals surface area contributed by atoms with Crippen LogP contribution in [0.2, 0.25) is 0 Å². The quantitative estimate of drug-likeness (QED) is 0.234. The second-order valence-electron chi connectivity index (χ2n) is 10.9. The number of benzene rings is 4. The molecule has 0 amide bonds. The van der Waals surface area contributed by atoms with Crippen molar-refractivity contribution in [3.05, 3.63) is 120 Å². The maximum Gasteiger partial charge on any atom is 0.0866 e. The number of fused-ring (bicyclic) bond motifs is 8. The summed E-state index contributed by atoms with van der Waals surface area (Å²) in [4.78, 5) is 0. The van der Waals surface area contributed by atoms with Crippen molar-refractivity contribution in [2.75, 3.05) is 5.32 Å². The molecule has 0 fully saturated rings. The van der Waals surface area contributed by atoms with Crippen molar-refractivity contribution in [2.24, 2.45) is 0 Å². The number of para-hydroxylation sites is 1. The van der Waals surface area contributed by atoms with E-state index < -0.39 is 0 Å². The molecule has 2 aliphatic carbocycles. The predicted molar refractivity (Wildman–Crippen MR) is 173 cm³/mol. The minimum Gasteiger partial charge on any atom is -0.372 e. The largest absolute Gasteiger partial charge is 0.372 e. The number of hydrogen-bond donors (Lipinski definition) is 2. The number of aromatic nitrogens is 1. The van der Waals surface area contributed by atoms with Crippen LogP contribution >= 0.6 is 11.3 Å². The number of nitrogens with zero attached hydrogens (tertiary/aromatic N) is 1. The molecule has 40 heavy (non-hydrogen) atoms. The van der Waals surface area contributed by atoms with Gasteiger partial charge < -0.3 is 15.1 Å². The Morgan fingerprint density at radius 3 is 2.67 bits per heavy atom. The van der Waals surface area contributed by atoms with E-state index in [2.05, 4.69) is 101 Å². The lowest BCUT2D eigenvalue weighted by Crippen LogP contribution is -2.26. The van der Waals surface area contributed by atoms with E-state index in [-0.39, 0.29) is 6.04 Å². The van der Waals surface area contributed by atoms with Gasteiger partial charge in [-0.05, 0) is 53.3 Å². The lowest BCUT2D eigenvalue weighted by molar-refractivity contribution is 1.00. The molecule has 2 N–H and O–H groups in total. The Morgan fingerprint density at radius 2 is 1.73 bits per heavy atom. The summed E-state index contributed by atoms with van der Waals surface area (Å²) in [6, 6.07) is 26.7. The van der Waals surface area contributed by atoms with E-state index in [4.69, 9.17) is 5.41 Å². The van der Waals surface area contributed by atoms with E-state index >= 15 is 0 Å². The molecule has 3 heterocycles. The maximum absolute atomic E-state index is 8.44. The molecule has 3 nitrogen and oxygen atoms in total. The molecule has 1 unspecified atom stereocenters. The third kappa shape index (κ3) is 3.02. The third-order valence-corrected chi connectivity index (χ3v) is 9.90. The van der Waals surface area contributed by atoms with Gasteiger partial charge in [0.25, 0.3) is 0 Å². The number of hydrogen-bond acceptors (Lipinski definition) is 3. The molecule has 0 bridgehead atoms. The number of nitrogens with one attached hydrogen (secondary N) is 2. The fourth-order valence-corrected chi connectivity index (χ4v) is 8.16. The molecule has 0 saturated heterocycles. The molecule has 9 rings (SSSR count). The second-order valence-corrected chi connectivity index (χ2v) is 12.0. The number of aryl methyl sites for hydroxylation is 1. The molecule has 0 radical (unpaired) electrons. The summed E-state index contributed by atoms with van der Waals surface area (Å²) in [6.07, 6.45) is 14.7. The SMILES string of the molecule is N=C1C=CC=CC1Nc1cn2c3ccccc3c3c4c(cc1c32)sc1c(C2=Cc3ccccc3CC2)cccc14. The molecule has 1 atom stereocenters. The first kappa shape index (κ1) is 22.2. The molecular formula is C36H25N3S. The van der Waals surface area contributed by atoms with Crippen LogP contribution in [0.1, 0.15) is 23.1 Å². The summed E-state index contributed by atoms with van der Waals surface area (Å²) in [5.41, 5.74) is 9.72. The van der Waals surface area contributed by atoms with Crippen LogP contribution in [0.25, 0.3) is 59.0 Å². The summed E-state index contributed by atoms with van der Waals surface area (Å²) in [5.74, 6) is 0. The van der Waals surface area contributed by atoms with Crippen molar-refractivity contribution in [3.63, 3.8) is 0 Å². The Labute approximate surface area is 235 Å². The molecule has 4 aromatic carbocycles. The zero-order chi connectivity index (χ0) is 26.4. The van der Waals surface area contributed by atoms with Gasteiger partial charge in [0.15, 0.2) is 0 Å². The van der Waals surface area contributed by atoms with Crippen LogP contribution in [-0.2, 0) is 6.42 Å². The van der Waals surface area contributed by atoms with Crippen LogP contribution in [0.4, 0.5) is 5.69 Å². The van der Waals surface area contributed by atoms with Gasteiger partial charge in [-0.3, -0.25) is 0 Å². The lowest BCUT2D eigenvalue weighted by Gasteiger charge is -2.17. The summed E-state index contributed by atoms with van der Waals surface area (Å²) in [5, 5.41) is 18.7. The molecule has 3 aromatic heterocycles. The molecular weight excluding hydrogens is 506 g/mol. The molecule has 2 aliphatic rings. The zero-order valence-corrected chi connectivity index (χ0v) is 22.6. The smallest absolute Gasteiger partial charge is 0.0866 e. The van der Waals surface area contributed by atoms with Crippen LogP contribution < -0.4 is 5.32 Å². The molecule has 0 saturated carbocycles. The minimum absolute atomic E-state index is 0.131. The second kappa shape index (κ2) is 8.17. The highest BCUT2D eigenvalue weighted by atomic mass is 32.1. The number of allylic oxidation sites excluding steroid dienone is 3. The van der Waals surface area contributed by atoms with E-state index in [1.807, 2.05) is 29.6 Å². The zero-order valence-electron chi connectivity index (χ0n) is 21.7. The van der Waals surface area contributed by atoms with Gasteiger partial charge in [-0.2, -0.15) is 0 Å². The van der Waals surface area contributed by atoms with E-state index in [1.54, 1.807) is 0 Å². The highest BCUT2D eigenvalue weighted by molar-refractivity contribution is 7.26. The Kier molecular flexibility index (Phi) is 4.53. The molecule has 0 spiro atoms. The summed E-state index contributed by atoms with van der Waals surface area (Å²) >= 11 is 1.92. The Balaban J connectivity index is 1.33. The van der Waals surface area contributed by atoms with E-state index in [0.29, 0.717) is 5.71 Å². The maximum atomic E-state index is 8.44. The first-order valence-corrected chi connectivity index (χ1v) is 14.7. The van der Waals surface area contributed by atoms with E-state index in [9.17, 15) is 0 Å². The van der Waals surface area contributed by atoms with Gasteiger partial charge in [0.1, 0.15) is 0 Å². The fraction of sp³-hybridized carbons (Fsp3) is 0.0833. The summed E-state index contributed by atoms with van der Waals surface area (Å²) in [7, 11) is 0. The van der Waals surface area contributed by atoms with Crippen LogP contribution in [0.15, 0.2) is 103 Å². The van der Waals surface area contributed by atoms with Crippen LogP contribution in [0, 0.1) is 5.41 Å². The minimum atomic E-state index is -0.131. The number of thiophene rings is 1. The van der Waals surface area contributed by atoms with Gasteiger partial charge in [0.05, 0.1) is 28.5 Å². The normalized spacial score (nSPS) is 17.1. The average molecular weight is 532 g/mol. The van der Waals surface area contributed by atoms with Crippen molar-refractivity contribution < 1.29 is 0 Å². The van der Waals surface area contributed by atoms with Crippen molar-refractivity contribution in [1.29, 1.82) is 5.41 Å². The Morgan fingerprint density at radius 1 is 0.850 bits per heavy atom. The van der Waals surface area contributed by atoms with E-state index in [0.717, 1.165) is 18.5 Å². The monoisotopic (exact) mass is 531 g/mol. The molecule has 4 heteroatoms. The van der Waals surface area contributed by atoms with E-state index in [1.165, 1.54) is 69.6 Å². The van der Waals surface area contributed by atoms with Gasteiger partial charge in [0.2, 0.25) is 0 Å². The van der Waals surface area contributed by atoms with Crippen molar-refractivity contribution >= 4 is 81.7 Å². The molecule has 190 valence electrons. The van der Waals surface area contributed by atoms with Crippen LogP contribution in [0.5, 0.6) is 0 Å². The number of rotatable bonds is 3. The van der Waals surface area contributed by atoms with Crippen molar-refractivity contribution in [1.82, 2.24) is 4.40 Å². The Bertz CT molecular complexity index is 2270.